The average molecular weight is 234 g/mol. The first-order valence-electron chi connectivity index (χ1n) is 4.46. The molecular formula is C10H13Cl2NO. The molecule has 0 radical (unpaired) electrons. The Morgan fingerprint density at radius 1 is 1.36 bits per heavy atom. The summed E-state index contributed by atoms with van der Waals surface area (Å²) in [5, 5.41) is 1.20. The molecule has 0 aliphatic carbocycles. The average Bonchev–Trinajstić information content (AvgIpc) is 2.16. The minimum absolute atomic E-state index is 0.221. The Kier molecular flexibility index (Phi) is 4.69. The van der Waals surface area contributed by atoms with Crippen molar-refractivity contribution < 1.29 is 4.74 Å². The third-order valence-corrected chi connectivity index (χ3v) is 2.56. The van der Waals surface area contributed by atoms with Crippen LogP contribution in [0.4, 0.5) is 0 Å². The first kappa shape index (κ1) is 11.8. The van der Waals surface area contributed by atoms with Crippen molar-refractivity contribution in [1.29, 1.82) is 0 Å². The van der Waals surface area contributed by atoms with Gasteiger partial charge in [0.05, 0.1) is 6.10 Å². The summed E-state index contributed by atoms with van der Waals surface area (Å²) in [6.45, 7) is 2.87. The van der Waals surface area contributed by atoms with Crippen molar-refractivity contribution in [1.82, 2.24) is 0 Å². The van der Waals surface area contributed by atoms with Crippen LogP contribution in [0.2, 0.25) is 10.0 Å². The normalized spacial score (nSPS) is 12.9. The minimum Gasteiger partial charge on any atom is -0.372 e. The molecule has 0 bridgehead atoms. The van der Waals surface area contributed by atoms with Gasteiger partial charge in [-0.3, -0.25) is 0 Å². The maximum atomic E-state index is 6.02. The quantitative estimate of drug-likeness (QED) is 0.868. The fourth-order valence-electron chi connectivity index (χ4n) is 1.29. The molecule has 1 atom stereocenters. The van der Waals surface area contributed by atoms with E-state index >= 15 is 0 Å². The number of rotatable bonds is 4. The lowest BCUT2D eigenvalue weighted by atomic mass is 10.1. The molecule has 4 heteroatoms. The monoisotopic (exact) mass is 233 g/mol. The van der Waals surface area contributed by atoms with Crippen molar-refractivity contribution in [2.45, 2.75) is 13.0 Å². The Labute approximate surface area is 94.0 Å². The molecule has 2 nitrogen and oxygen atoms in total. The molecule has 1 aromatic rings. The molecule has 0 heterocycles. The maximum absolute atomic E-state index is 6.02. The highest BCUT2D eigenvalue weighted by atomic mass is 35.5. The van der Waals surface area contributed by atoms with E-state index in [1.807, 2.05) is 6.92 Å². The van der Waals surface area contributed by atoms with E-state index in [9.17, 15) is 0 Å². The Hall–Kier alpha value is -0.280. The number of halogens is 2. The zero-order valence-corrected chi connectivity index (χ0v) is 9.48. The molecule has 0 aromatic heterocycles. The Morgan fingerprint density at radius 2 is 1.93 bits per heavy atom. The summed E-state index contributed by atoms with van der Waals surface area (Å²) in [6, 6.07) is 5.36. The van der Waals surface area contributed by atoms with Crippen LogP contribution in [-0.4, -0.2) is 13.2 Å². The van der Waals surface area contributed by atoms with E-state index in [0.29, 0.717) is 23.2 Å². The van der Waals surface area contributed by atoms with Crippen molar-refractivity contribution in [3.63, 3.8) is 0 Å². The van der Waals surface area contributed by atoms with Crippen molar-refractivity contribution in [2.75, 3.05) is 13.2 Å². The maximum Gasteiger partial charge on any atom is 0.0975 e. The summed E-state index contributed by atoms with van der Waals surface area (Å²) in [5.41, 5.74) is 6.36. The molecule has 0 saturated heterocycles. The number of hydrogen-bond acceptors (Lipinski definition) is 2. The van der Waals surface area contributed by atoms with E-state index in [-0.39, 0.29) is 6.10 Å². The minimum atomic E-state index is -0.221. The van der Waals surface area contributed by atoms with Crippen LogP contribution in [0.5, 0.6) is 0 Å². The van der Waals surface area contributed by atoms with Crippen LogP contribution in [0.15, 0.2) is 18.2 Å². The summed E-state index contributed by atoms with van der Waals surface area (Å²) >= 11 is 12.0. The molecule has 0 aliphatic heterocycles. The summed E-state index contributed by atoms with van der Waals surface area (Å²) in [7, 11) is 0. The van der Waals surface area contributed by atoms with Gasteiger partial charge in [-0.05, 0) is 19.1 Å². The lowest BCUT2D eigenvalue weighted by molar-refractivity contribution is 0.0690. The molecule has 0 spiro atoms. The highest BCUT2D eigenvalue weighted by Crippen LogP contribution is 2.31. The molecule has 1 unspecified atom stereocenters. The van der Waals surface area contributed by atoms with Gasteiger partial charge in [0.15, 0.2) is 0 Å². The highest BCUT2D eigenvalue weighted by Gasteiger charge is 2.16. The SMILES string of the molecule is CCOC(CN)c1c(Cl)cccc1Cl. The van der Waals surface area contributed by atoms with E-state index in [0.717, 1.165) is 5.56 Å². The van der Waals surface area contributed by atoms with E-state index in [4.69, 9.17) is 33.7 Å². The van der Waals surface area contributed by atoms with E-state index in [2.05, 4.69) is 0 Å². The largest absolute Gasteiger partial charge is 0.372 e. The van der Waals surface area contributed by atoms with Gasteiger partial charge < -0.3 is 10.5 Å². The topological polar surface area (TPSA) is 35.2 Å². The van der Waals surface area contributed by atoms with Crippen LogP contribution in [0.1, 0.15) is 18.6 Å². The van der Waals surface area contributed by atoms with Crippen LogP contribution < -0.4 is 5.73 Å². The molecular weight excluding hydrogens is 221 g/mol. The van der Waals surface area contributed by atoms with Crippen LogP contribution in [0.25, 0.3) is 0 Å². The number of hydrogen-bond donors (Lipinski definition) is 1. The van der Waals surface area contributed by atoms with Crippen LogP contribution in [0, 0.1) is 0 Å². The lowest BCUT2D eigenvalue weighted by Gasteiger charge is -2.17. The van der Waals surface area contributed by atoms with Gasteiger partial charge >= 0.3 is 0 Å². The Bertz CT molecular complexity index is 284. The van der Waals surface area contributed by atoms with Gasteiger partial charge in [0.2, 0.25) is 0 Å². The molecule has 2 N–H and O–H groups in total. The van der Waals surface area contributed by atoms with Crippen LogP contribution in [0.3, 0.4) is 0 Å². The molecule has 14 heavy (non-hydrogen) atoms. The van der Waals surface area contributed by atoms with Gasteiger partial charge in [-0.15, -0.1) is 0 Å². The zero-order chi connectivity index (χ0) is 10.6. The van der Waals surface area contributed by atoms with Gasteiger partial charge in [-0.25, -0.2) is 0 Å². The highest BCUT2D eigenvalue weighted by molar-refractivity contribution is 6.36. The van der Waals surface area contributed by atoms with E-state index in [1.165, 1.54) is 0 Å². The molecule has 0 amide bonds. The van der Waals surface area contributed by atoms with Crippen LogP contribution >= 0.6 is 23.2 Å². The second-order valence-electron chi connectivity index (χ2n) is 2.82. The zero-order valence-electron chi connectivity index (χ0n) is 7.97. The Morgan fingerprint density at radius 3 is 2.36 bits per heavy atom. The van der Waals surface area contributed by atoms with Crippen molar-refractivity contribution >= 4 is 23.2 Å². The van der Waals surface area contributed by atoms with Gasteiger partial charge in [0.1, 0.15) is 0 Å². The molecule has 0 fully saturated rings. The first-order chi connectivity index (χ1) is 6.70. The number of benzene rings is 1. The third-order valence-electron chi connectivity index (χ3n) is 1.90. The predicted molar refractivity (Wildman–Crippen MR) is 59.9 cm³/mol. The fraction of sp³-hybridized carbons (Fsp3) is 0.400. The second kappa shape index (κ2) is 5.56. The second-order valence-corrected chi connectivity index (χ2v) is 3.63. The van der Waals surface area contributed by atoms with Crippen LogP contribution in [-0.2, 0) is 4.74 Å². The van der Waals surface area contributed by atoms with Gasteiger partial charge in [-0.2, -0.15) is 0 Å². The van der Waals surface area contributed by atoms with Crippen molar-refractivity contribution in [3.05, 3.63) is 33.8 Å². The number of ether oxygens (including phenoxy) is 1. The summed E-state index contributed by atoms with van der Waals surface area (Å²) in [6.07, 6.45) is -0.221. The molecule has 1 aromatic carbocycles. The van der Waals surface area contributed by atoms with Gasteiger partial charge in [0.25, 0.3) is 0 Å². The summed E-state index contributed by atoms with van der Waals surface area (Å²) < 4.78 is 5.44. The smallest absolute Gasteiger partial charge is 0.0975 e. The number of nitrogens with two attached hydrogens (primary N) is 1. The molecule has 0 saturated carbocycles. The third kappa shape index (κ3) is 2.61. The van der Waals surface area contributed by atoms with E-state index < -0.39 is 0 Å². The molecule has 0 aliphatic rings. The fourth-order valence-corrected chi connectivity index (χ4v) is 1.93. The lowest BCUT2D eigenvalue weighted by Crippen LogP contribution is -2.16. The standard InChI is InChI=1S/C10H13Cl2NO/c1-2-14-9(6-13)10-7(11)4-3-5-8(10)12/h3-5,9H,2,6,13H2,1H3. The Balaban J connectivity index is 3.02. The molecule has 78 valence electrons. The first-order valence-corrected chi connectivity index (χ1v) is 5.21. The molecule has 1 rings (SSSR count). The summed E-state index contributed by atoms with van der Waals surface area (Å²) in [4.78, 5) is 0. The van der Waals surface area contributed by atoms with Gasteiger partial charge in [-0.1, -0.05) is 29.3 Å². The van der Waals surface area contributed by atoms with Gasteiger partial charge in [0, 0.05) is 28.8 Å². The van der Waals surface area contributed by atoms with E-state index in [1.54, 1.807) is 18.2 Å². The van der Waals surface area contributed by atoms with Crippen molar-refractivity contribution in [2.24, 2.45) is 5.73 Å². The predicted octanol–water partition coefficient (Wildman–Crippen LogP) is 3.03. The van der Waals surface area contributed by atoms with Crippen molar-refractivity contribution in [3.8, 4) is 0 Å². The summed E-state index contributed by atoms with van der Waals surface area (Å²) in [5.74, 6) is 0.